The molecule has 0 spiro atoms. The molecule has 1 aliphatic carbocycles. The second-order valence-electron chi connectivity index (χ2n) is 9.24. The highest BCUT2D eigenvalue weighted by Crippen LogP contribution is 2.33. The van der Waals surface area contributed by atoms with Gasteiger partial charge in [0.15, 0.2) is 5.82 Å². The van der Waals surface area contributed by atoms with E-state index in [9.17, 15) is 0 Å². The van der Waals surface area contributed by atoms with Crippen LogP contribution in [0.4, 0.5) is 0 Å². The number of piperazine rings is 1. The van der Waals surface area contributed by atoms with Crippen molar-refractivity contribution in [2.75, 3.05) is 32.7 Å². The van der Waals surface area contributed by atoms with Crippen molar-refractivity contribution in [1.29, 1.82) is 0 Å². The molecule has 2 aliphatic rings. The molecule has 5 rings (SSSR count). The summed E-state index contributed by atoms with van der Waals surface area (Å²) in [5, 5.41) is 13.2. The van der Waals surface area contributed by atoms with Gasteiger partial charge in [0, 0.05) is 32.7 Å². The van der Waals surface area contributed by atoms with Crippen LogP contribution in [0, 0.1) is 0 Å². The van der Waals surface area contributed by atoms with Gasteiger partial charge >= 0.3 is 0 Å². The Hall–Kier alpha value is -2.83. The Morgan fingerprint density at radius 1 is 0.848 bits per heavy atom. The fourth-order valence-electron chi connectivity index (χ4n) is 5.23. The number of aromatic nitrogens is 4. The number of hydrogen-bond acceptors (Lipinski definition) is 5. The van der Waals surface area contributed by atoms with Crippen LogP contribution in [0.15, 0.2) is 66.7 Å². The van der Waals surface area contributed by atoms with Crippen molar-refractivity contribution in [3.05, 3.63) is 83.7 Å². The van der Waals surface area contributed by atoms with Crippen LogP contribution in [-0.4, -0.2) is 62.7 Å². The van der Waals surface area contributed by atoms with Gasteiger partial charge in [-0.25, -0.2) is 4.68 Å². The van der Waals surface area contributed by atoms with Gasteiger partial charge in [-0.15, -0.1) is 5.10 Å². The summed E-state index contributed by atoms with van der Waals surface area (Å²) in [4.78, 5) is 5.10. The number of rotatable bonds is 7. The lowest BCUT2D eigenvalue weighted by atomic mass is 9.95. The highest BCUT2D eigenvalue weighted by molar-refractivity contribution is 5.48. The fraction of sp³-hybridized carbons (Fsp3) is 0.444. The molecule has 1 aliphatic heterocycles. The Bertz CT molecular complexity index is 1000. The lowest BCUT2D eigenvalue weighted by molar-refractivity contribution is 0.111. The van der Waals surface area contributed by atoms with Crippen molar-refractivity contribution in [2.24, 2.45) is 0 Å². The molecule has 33 heavy (non-hydrogen) atoms. The first kappa shape index (κ1) is 22.0. The Morgan fingerprint density at radius 3 is 2.27 bits per heavy atom. The van der Waals surface area contributed by atoms with Gasteiger partial charge in [-0.1, -0.05) is 92.1 Å². The van der Waals surface area contributed by atoms with Crippen LogP contribution in [0.25, 0.3) is 6.08 Å². The minimum atomic E-state index is 0.102. The van der Waals surface area contributed by atoms with Crippen LogP contribution in [0.5, 0.6) is 0 Å². The van der Waals surface area contributed by atoms with E-state index in [1.165, 1.54) is 43.2 Å². The molecule has 1 aromatic heterocycles. The van der Waals surface area contributed by atoms with Gasteiger partial charge in [0.05, 0.1) is 12.1 Å². The normalized spacial score (nSPS) is 19.8. The molecule has 0 amide bonds. The molecule has 2 heterocycles. The molecule has 172 valence electrons. The lowest BCUT2D eigenvalue weighted by Gasteiger charge is -2.39. The van der Waals surface area contributed by atoms with Crippen molar-refractivity contribution in [2.45, 2.75) is 44.2 Å². The monoisotopic (exact) mass is 442 g/mol. The van der Waals surface area contributed by atoms with E-state index in [2.05, 4.69) is 103 Å². The average Bonchev–Trinajstić information content (AvgIpc) is 3.36. The molecule has 1 saturated heterocycles. The summed E-state index contributed by atoms with van der Waals surface area (Å²) >= 11 is 0. The summed E-state index contributed by atoms with van der Waals surface area (Å²) in [5.74, 6) is 1.01. The number of hydrogen-bond donors (Lipinski definition) is 0. The predicted octanol–water partition coefficient (Wildman–Crippen LogP) is 4.60. The molecule has 6 nitrogen and oxygen atoms in total. The SMILES string of the molecule is C(=C\c1ccccc1)/CN1CCN(C(c2ccccc2)c2nnnn2C2CCCCC2)CC1. The molecule has 1 atom stereocenters. The largest absolute Gasteiger partial charge is 0.297 e. The summed E-state index contributed by atoms with van der Waals surface area (Å²) in [6.45, 7) is 5.10. The van der Waals surface area contributed by atoms with E-state index in [1.54, 1.807) is 0 Å². The summed E-state index contributed by atoms with van der Waals surface area (Å²) in [5.41, 5.74) is 2.54. The Kier molecular flexibility index (Phi) is 7.23. The molecule has 0 radical (unpaired) electrons. The summed E-state index contributed by atoms with van der Waals surface area (Å²) < 4.78 is 2.14. The molecular weight excluding hydrogens is 408 g/mol. The zero-order chi connectivity index (χ0) is 22.3. The smallest absolute Gasteiger partial charge is 0.173 e. The maximum Gasteiger partial charge on any atom is 0.173 e. The van der Waals surface area contributed by atoms with E-state index < -0.39 is 0 Å². The van der Waals surface area contributed by atoms with Crippen LogP contribution in [0.2, 0.25) is 0 Å². The fourth-order valence-corrected chi connectivity index (χ4v) is 5.23. The zero-order valence-electron chi connectivity index (χ0n) is 19.3. The minimum Gasteiger partial charge on any atom is -0.297 e. The Morgan fingerprint density at radius 2 is 1.55 bits per heavy atom. The third kappa shape index (κ3) is 5.40. The van der Waals surface area contributed by atoms with E-state index in [4.69, 9.17) is 0 Å². The van der Waals surface area contributed by atoms with Gasteiger partial charge in [0.2, 0.25) is 0 Å². The molecule has 3 aromatic rings. The topological polar surface area (TPSA) is 50.1 Å². The average molecular weight is 443 g/mol. The summed E-state index contributed by atoms with van der Waals surface area (Å²) in [6, 6.07) is 21.8. The third-order valence-corrected chi connectivity index (χ3v) is 7.04. The van der Waals surface area contributed by atoms with Crippen LogP contribution >= 0.6 is 0 Å². The second-order valence-corrected chi connectivity index (χ2v) is 9.24. The number of nitrogens with zero attached hydrogens (tertiary/aromatic N) is 6. The number of tetrazole rings is 1. The molecule has 2 fully saturated rings. The van der Waals surface area contributed by atoms with E-state index in [0.717, 1.165) is 38.5 Å². The van der Waals surface area contributed by atoms with Crippen LogP contribution in [-0.2, 0) is 0 Å². The first-order valence-electron chi connectivity index (χ1n) is 12.4. The second kappa shape index (κ2) is 10.9. The van der Waals surface area contributed by atoms with Gasteiger partial charge in [0.25, 0.3) is 0 Å². The summed E-state index contributed by atoms with van der Waals surface area (Å²) in [7, 11) is 0. The first-order valence-corrected chi connectivity index (χ1v) is 12.4. The Labute approximate surface area is 196 Å². The molecule has 2 aromatic carbocycles. The molecular formula is C27H34N6. The van der Waals surface area contributed by atoms with Gasteiger partial charge in [-0.3, -0.25) is 9.80 Å². The molecule has 1 saturated carbocycles. The number of benzene rings is 2. The highest BCUT2D eigenvalue weighted by atomic mass is 15.6. The van der Waals surface area contributed by atoms with E-state index in [1.807, 2.05) is 0 Å². The quantitative estimate of drug-likeness (QED) is 0.535. The van der Waals surface area contributed by atoms with Gasteiger partial charge in [-0.2, -0.15) is 0 Å². The minimum absolute atomic E-state index is 0.102. The molecule has 1 unspecified atom stereocenters. The van der Waals surface area contributed by atoms with Crippen molar-refractivity contribution in [3.63, 3.8) is 0 Å². The van der Waals surface area contributed by atoms with Crippen LogP contribution in [0.1, 0.15) is 61.1 Å². The Balaban J connectivity index is 1.29. The van der Waals surface area contributed by atoms with Crippen LogP contribution in [0.3, 0.4) is 0 Å². The maximum absolute atomic E-state index is 4.58. The highest BCUT2D eigenvalue weighted by Gasteiger charge is 2.32. The van der Waals surface area contributed by atoms with E-state index >= 15 is 0 Å². The predicted molar refractivity (Wildman–Crippen MR) is 132 cm³/mol. The van der Waals surface area contributed by atoms with Crippen molar-refractivity contribution >= 4 is 6.08 Å². The summed E-state index contributed by atoms with van der Waals surface area (Å²) in [6.07, 6.45) is 10.7. The van der Waals surface area contributed by atoms with Crippen molar-refractivity contribution in [1.82, 2.24) is 30.0 Å². The van der Waals surface area contributed by atoms with Crippen molar-refractivity contribution in [3.8, 4) is 0 Å². The van der Waals surface area contributed by atoms with Crippen molar-refractivity contribution < 1.29 is 0 Å². The third-order valence-electron chi connectivity index (χ3n) is 7.04. The molecule has 0 N–H and O–H groups in total. The van der Waals surface area contributed by atoms with E-state index in [0.29, 0.717) is 6.04 Å². The van der Waals surface area contributed by atoms with Crippen LogP contribution < -0.4 is 0 Å². The molecule has 0 bridgehead atoms. The standard InChI is InChI=1S/C27H34N6/c1-4-11-23(12-5-1)13-10-18-31-19-21-32(22-20-31)26(24-14-6-2-7-15-24)27-28-29-30-33(27)25-16-8-3-9-17-25/h1-2,4-7,10-15,25-26H,3,8-9,16-22H2/b13-10+. The maximum atomic E-state index is 4.58. The van der Waals surface area contributed by atoms with Gasteiger partial charge < -0.3 is 0 Å². The lowest BCUT2D eigenvalue weighted by Crippen LogP contribution is -2.48. The zero-order valence-corrected chi connectivity index (χ0v) is 19.3. The molecule has 6 heteroatoms. The van der Waals surface area contributed by atoms with E-state index in [-0.39, 0.29) is 6.04 Å². The first-order chi connectivity index (χ1) is 16.4. The van der Waals surface area contributed by atoms with Gasteiger partial charge in [-0.05, 0) is 34.4 Å². The van der Waals surface area contributed by atoms with Gasteiger partial charge in [0.1, 0.15) is 0 Å².